The van der Waals surface area contributed by atoms with Gasteiger partial charge in [0.15, 0.2) is 11.6 Å². The van der Waals surface area contributed by atoms with Crippen LogP contribution in [0.5, 0.6) is 6.01 Å². The fourth-order valence-corrected chi connectivity index (χ4v) is 8.56. The third kappa shape index (κ3) is 4.85. The molecule has 4 aromatic rings. The number of nitrogens with two attached hydrogens (primary N) is 1. The number of nitriles is 1. The molecule has 3 saturated heterocycles. The number of benzene rings is 1. The maximum absolute atomic E-state index is 17.2. The first-order valence-electron chi connectivity index (χ1n) is 15.8. The number of likely N-dealkylation sites (tertiary alicyclic amines) is 1. The van der Waals surface area contributed by atoms with E-state index in [2.05, 4.69) is 26.3 Å². The van der Waals surface area contributed by atoms with Crippen LogP contribution in [0, 0.1) is 28.9 Å². The molecule has 244 valence electrons. The average molecular weight is 663 g/mol. The lowest BCUT2D eigenvalue weighted by atomic mass is 9.93. The first-order chi connectivity index (χ1) is 22.9. The number of carbonyl (C=O) groups excluding carboxylic acids is 1. The summed E-state index contributed by atoms with van der Waals surface area (Å²) < 4.78 is 44.4. The Hall–Kier alpha value is -4.23. The van der Waals surface area contributed by atoms with Gasteiger partial charge in [-0.15, -0.1) is 11.3 Å². The molecule has 8 rings (SSSR count). The fraction of sp³-hybridized carbons (Fsp3) is 0.469. The van der Waals surface area contributed by atoms with Crippen LogP contribution < -0.4 is 20.7 Å². The van der Waals surface area contributed by atoms with Gasteiger partial charge in [-0.2, -0.15) is 15.2 Å². The van der Waals surface area contributed by atoms with Crippen molar-refractivity contribution >= 4 is 49.1 Å². The number of nitrogens with one attached hydrogen (secondary N) is 1. The number of nitrogens with zero attached hydrogens (tertiary/aromatic N) is 6. The number of ether oxygens (including phenoxy) is 2. The second kappa shape index (κ2) is 11.8. The highest BCUT2D eigenvalue weighted by Gasteiger charge is 2.40. The second-order valence-corrected chi connectivity index (χ2v) is 13.6. The van der Waals surface area contributed by atoms with Crippen molar-refractivity contribution in [1.29, 1.82) is 5.26 Å². The topological polar surface area (TPSA) is 163 Å². The molecule has 2 unspecified atom stereocenters. The van der Waals surface area contributed by atoms with Crippen molar-refractivity contribution in [3.05, 3.63) is 34.5 Å². The molecule has 0 radical (unpaired) electrons. The predicted octanol–water partition coefficient (Wildman–Crippen LogP) is 3.22. The Morgan fingerprint density at radius 3 is 2.62 bits per heavy atom. The lowest BCUT2D eigenvalue weighted by Crippen LogP contribution is -2.52. The molecule has 7 heterocycles. The first kappa shape index (κ1) is 30.1. The van der Waals surface area contributed by atoms with Crippen molar-refractivity contribution in [2.75, 3.05) is 50.0 Å². The van der Waals surface area contributed by atoms with Gasteiger partial charge in [0.1, 0.15) is 29.0 Å². The van der Waals surface area contributed by atoms with Crippen molar-refractivity contribution in [1.82, 2.24) is 25.2 Å². The molecule has 0 aliphatic carbocycles. The molecule has 3 fully saturated rings. The van der Waals surface area contributed by atoms with Crippen LogP contribution in [0.3, 0.4) is 0 Å². The minimum Gasteiger partial charge on any atom is -0.463 e. The lowest BCUT2D eigenvalue weighted by molar-refractivity contribution is -0.135. The Morgan fingerprint density at radius 2 is 1.89 bits per heavy atom. The zero-order valence-electron chi connectivity index (χ0n) is 25.4. The maximum Gasteiger partial charge on any atom is 0.319 e. The molecular formula is C32H32F2N8O4S. The van der Waals surface area contributed by atoms with Gasteiger partial charge >= 0.3 is 6.01 Å². The Balaban J connectivity index is 1.28. The number of pyridine rings is 1. The van der Waals surface area contributed by atoms with Crippen molar-refractivity contribution in [2.24, 2.45) is 5.92 Å². The standard InChI is InChI=1S/C32H32F2N8O4S/c33-21-10-38-27(24-18(7-35)30(36)47-29(21)24)23-19-13-45-14-20(19)25-28(26(23)34)39-32(40-31(25)42-16-1-2-17(42)9-37-8-16)46-12-15-3-5-41(6-4-15)22(44)11-43/h10,15-17,37,43H,1-6,8-9,11-14,36H2. The number of aliphatic hydroxyl groups is 1. The van der Waals surface area contributed by atoms with E-state index in [-0.39, 0.29) is 87.2 Å². The van der Waals surface area contributed by atoms with Gasteiger partial charge in [0.25, 0.3) is 0 Å². The summed E-state index contributed by atoms with van der Waals surface area (Å²) in [5.74, 6) is -0.887. The van der Waals surface area contributed by atoms with Gasteiger partial charge in [0, 0.05) is 49.2 Å². The van der Waals surface area contributed by atoms with E-state index in [4.69, 9.17) is 20.2 Å². The molecular weight excluding hydrogens is 630 g/mol. The number of thiophene rings is 1. The van der Waals surface area contributed by atoms with Crippen molar-refractivity contribution in [2.45, 2.75) is 51.0 Å². The second-order valence-electron chi connectivity index (χ2n) is 12.5. The monoisotopic (exact) mass is 662 g/mol. The molecule has 15 heteroatoms. The van der Waals surface area contributed by atoms with E-state index >= 15 is 4.39 Å². The number of anilines is 2. The highest BCUT2D eigenvalue weighted by atomic mass is 32.1. The minimum absolute atomic E-state index is 0.0396. The van der Waals surface area contributed by atoms with Crippen molar-refractivity contribution in [3.63, 3.8) is 0 Å². The number of aromatic nitrogens is 3. The van der Waals surface area contributed by atoms with Crippen LogP contribution in [0.1, 0.15) is 42.4 Å². The summed E-state index contributed by atoms with van der Waals surface area (Å²) in [5, 5.41) is 23.5. The third-order valence-corrected chi connectivity index (χ3v) is 11.0. The Morgan fingerprint density at radius 1 is 1.15 bits per heavy atom. The number of fused-ring (bicyclic) bond motifs is 6. The molecule has 4 aliphatic rings. The number of piperazine rings is 1. The lowest BCUT2D eigenvalue weighted by Gasteiger charge is -2.37. The van der Waals surface area contributed by atoms with Gasteiger partial charge in [0.05, 0.1) is 47.4 Å². The normalized spacial score (nSPS) is 21.1. The number of amides is 1. The van der Waals surface area contributed by atoms with Crippen LogP contribution in [0.2, 0.25) is 0 Å². The van der Waals surface area contributed by atoms with Gasteiger partial charge in [-0.25, -0.2) is 8.78 Å². The summed E-state index contributed by atoms with van der Waals surface area (Å²) in [7, 11) is 0. The fourth-order valence-electron chi connectivity index (χ4n) is 7.64. The molecule has 12 nitrogen and oxygen atoms in total. The Bertz CT molecular complexity index is 1960. The number of hydrogen-bond acceptors (Lipinski definition) is 12. The molecule has 0 saturated carbocycles. The molecule has 47 heavy (non-hydrogen) atoms. The van der Waals surface area contributed by atoms with Gasteiger partial charge in [-0.1, -0.05) is 0 Å². The molecule has 2 bridgehead atoms. The zero-order valence-corrected chi connectivity index (χ0v) is 26.2. The molecule has 0 spiro atoms. The molecule has 1 aromatic carbocycles. The van der Waals surface area contributed by atoms with E-state index in [0.717, 1.165) is 49.0 Å². The SMILES string of the molecule is N#Cc1c(N)sc2c(F)cnc(-c3c4c(c5c(N6C7CCC6CNC7)nc(OCC6CCN(C(=O)CO)CC6)nc5c3F)COC4)c12. The number of rotatable bonds is 6. The number of carbonyl (C=O) groups is 1. The number of aliphatic hydroxyl groups excluding tert-OH is 1. The van der Waals surface area contributed by atoms with Crippen LogP contribution in [0.4, 0.5) is 19.6 Å². The van der Waals surface area contributed by atoms with E-state index in [9.17, 15) is 19.6 Å². The van der Waals surface area contributed by atoms with E-state index in [0.29, 0.717) is 42.7 Å². The summed E-state index contributed by atoms with van der Waals surface area (Å²) in [6.45, 7) is 2.65. The van der Waals surface area contributed by atoms with Crippen LogP contribution in [0.25, 0.3) is 32.2 Å². The van der Waals surface area contributed by atoms with Crippen LogP contribution in [-0.4, -0.2) is 82.3 Å². The van der Waals surface area contributed by atoms with Gasteiger partial charge in [-0.3, -0.25) is 9.78 Å². The highest BCUT2D eigenvalue weighted by molar-refractivity contribution is 7.23. The number of halogens is 2. The summed E-state index contributed by atoms with van der Waals surface area (Å²) in [6.07, 6.45) is 4.34. The summed E-state index contributed by atoms with van der Waals surface area (Å²) >= 11 is 0.930. The van der Waals surface area contributed by atoms with Gasteiger partial charge in [-0.05, 0) is 42.7 Å². The van der Waals surface area contributed by atoms with Crippen LogP contribution in [0.15, 0.2) is 6.20 Å². The van der Waals surface area contributed by atoms with E-state index in [1.54, 1.807) is 4.90 Å². The van der Waals surface area contributed by atoms with Gasteiger partial charge in [0.2, 0.25) is 5.91 Å². The van der Waals surface area contributed by atoms with E-state index in [1.165, 1.54) is 0 Å². The number of hydrogen-bond donors (Lipinski definition) is 3. The molecule has 3 aromatic heterocycles. The van der Waals surface area contributed by atoms with E-state index < -0.39 is 18.2 Å². The summed E-state index contributed by atoms with van der Waals surface area (Å²) in [6, 6.07) is 2.42. The van der Waals surface area contributed by atoms with Gasteiger partial charge < -0.3 is 35.4 Å². The van der Waals surface area contributed by atoms with Crippen LogP contribution >= 0.6 is 11.3 Å². The zero-order chi connectivity index (χ0) is 32.4. The maximum atomic E-state index is 17.2. The number of piperidine rings is 1. The third-order valence-electron chi connectivity index (χ3n) is 9.98. The average Bonchev–Trinajstić information content (AvgIpc) is 3.77. The van der Waals surface area contributed by atoms with Crippen molar-refractivity contribution in [3.8, 4) is 23.3 Å². The quantitative estimate of drug-likeness (QED) is 0.278. The molecule has 4 aliphatic heterocycles. The Labute approximate surface area is 272 Å². The summed E-state index contributed by atoms with van der Waals surface area (Å²) in [5.41, 5.74) is 7.72. The highest BCUT2D eigenvalue weighted by Crippen LogP contribution is 2.47. The molecule has 2 atom stereocenters. The number of nitrogen functional groups attached to an aromatic ring is 1. The van der Waals surface area contributed by atoms with Crippen molar-refractivity contribution < 1.29 is 28.2 Å². The predicted molar refractivity (Wildman–Crippen MR) is 170 cm³/mol. The Kier molecular flexibility index (Phi) is 7.55. The molecule has 1 amide bonds. The first-order valence-corrected chi connectivity index (χ1v) is 16.6. The largest absolute Gasteiger partial charge is 0.463 e. The van der Waals surface area contributed by atoms with E-state index in [1.807, 2.05) is 0 Å². The van der Waals surface area contributed by atoms with Crippen LogP contribution in [-0.2, 0) is 22.7 Å². The smallest absolute Gasteiger partial charge is 0.319 e. The molecule has 4 N–H and O–H groups in total. The minimum atomic E-state index is -0.676. The summed E-state index contributed by atoms with van der Waals surface area (Å²) in [4.78, 5) is 29.8.